The molecule has 0 unspecified atom stereocenters. The summed E-state index contributed by atoms with van der Waals surface area (Å²) in [6.45, 7) is 2.43. The molecule has 1 aromatic carbocycles. The van der Waals surface area contributed by atoms with Crippen molar-refractivity contribution in [1.29, 1.82) is 0 Å². The third kappa shape index (κ3) is 2.57. The van der Waals surface area contributed by atoms with Gasteiger partial charge in [-0.15, -0.1) is 0 Å². The van der Waals surface area contributed by atoms with Crippen LogP contribution in [0, 0.1) is 6.92 Å². The van der Waals surface area contributed by atoms with Crippen LogP contribution in [-0.4, -0.2) is 32.6 Å². The summed E-state index contributed by atoms with van der Waals surface area (Å²) in [4.78, 5) is 18.6. The SMILES string of the molecule is Cc1cc(C(=O)N(C)Cc2cccc3cccnc23)nn1C. The predicted molar refractivity (Wildman–Crippen MR) is 85.5 cm³/mol. The first-order valence-corrected chi connectivity index (χ1v) is 7.15. The first-order valence-electron chi connectivity index (χ1n) is 7.15. The van der Waals surface area contributed by atoms with Gasteiger partial charge in [0.05, 0.1) is 5.52 Å². The smallest absolute Gasteiger partial charge is 0.274 e. The Balaban J connectivity index is 1.86. The molecule has 0 N–H and O–H groups in total. The Morgan fingerprint density at radius 3 is 2.77 bits per heavy atom. The van der Waals surface area contributed by atoms with E-state index in [4.69, 9.17) is 0 Å². The predicted octanol–water partition coefficient (Wildman–Crippen LogP) is 2.55. The number of fused-ring (bicyclic) bond motifs is 1. The van der Waals surface area contributed by atoms with E-state index in [0.717, 1.165) is 22.2 Å². The quantitative estimate of drug-likeness (QED) is 0.746. The minimum Gasteiger partial charge on any atom is -0.336 e. The maximum atomic E-state index is 12.5. The molecule has 112 valence electrons. The Morgan fingerprint density at radius 2 is 2.05 bits per heavy atom. The van der Waals surface area contributed by atoms with E-state index < -0.39 is 0 Å². The van der Waals surface area contributed by atoms with E-state index in [9.17, 15) is 4.79 Å². The second-order valence-corrected chi connectivity index (χ2v) is 5.45. The van der Waals surface area contributed by atoms with Crippen LogP contribution in [0.2, 0.25) is 0 Å². The fourth-order valence-corrected chi connectivity index (χ4v) is 2.48. The highest BCUT2D eigenvalue weighted by molar-refractivity contribution is 5.92. The lowest BCUT2D eigenvalue weighted by molar-refractivity contribution is 0.0779. The lowest BCUT2D eigenvalue weighted by Crippen LogP contribution is -2.26. The lowest BCUT2D eigenvalue weighted by atomic mass is 10.1. The van der Waals surface area contributed by atoms with Gasteiger partial charge in [-0.05, 0) is 24.6 Å². The molecule has 5 nitrogen and oxygen atoms in total. The Hall–Kier alpha value is -2.69. The van der Waals surface area contributed by atoms with Gasteiger partial charge in [-0.1, -0.05) is 24.3 Å². The molecular weight excluding hydrogens is 276 g/mol. The summed E-state index contributed by atoms with van der Waals surface area (Å²) in [5.74, 6) is -0.0864. The number of para-hydroxylation sites is 1. The highest BCUT2D eigenvalue weighted by Crippen LogP contribution is 2.18. The monoisotopic (exact) mass is 294 g/mol. The van der Waals surface area contributed by atoms with E-state index in [1.807, 2.05) is 44.3 Å². The summed E-state index contributed by atoms with van der Waals surface area (Å²) in [6, 6.07) is 11.8. The molecule has 5 heteroatoms. The van der Waals surface area contributed by atoms with Crippen LogP contribution < -0.4 is 0 Å². The molecule has 2 heterocycles. The molecule has 0 aliphatic rings. The minimum atomic E-state index is -0.0864. The van der Waals surface area contributed by atoms with Crippen molar-refractivity contribution in [2.24, 2.45) is 7.05 Å². The number of hydrogen-bond acceptors (Lipinski definition) is 3. The third-order valence-electron chi connectivity index (χ3n) is 3.80. The summed E-state index contributed by atoms with van der Waals surface area (Å²) in [7, 11) is 3.62. The van der Waals surface area contributed by atoms with Crippen LogP contribution in [0.1, 0.15) is 21.7 Å². The van der Waals surface area contributed by atoms with E-state index in [2.05, 4.69) is 10.1 Å². The van der Waals surface area contributed by atoms with E-state index >= 15 is 0 Å². The third-order valence-corrected chi connectivity index (χ3v) is 3.80. The molecule has 0 saturated heterocycles. The first-order chi connectivity index (χ1) is 10.6. The van der Waals surface area contributed by atoms with Gasteiger partial charge in [0.15, 0.2) is 5.69 Å². The molecule has 0 saturated carbocycles. The van der Waals surface area contributed by atoms with E-state index in [1.54, 1.807) is 28.9 Å². The molecule has 0 aliphatic heterocycles. The number of hydrogen-bond donors (Lipinski definition) is 0. The standard InChI is InChI=1S/C17H18N4O/c1-12-10-15(19-21(12)3)17(22)20(2)11-14-7-4-6-13-8-5-9-18-16(13)14/h4-10H,11H2,1-3H3. The summed E-state index contributed by atoms with van der Waals surface area (Å²) >= 11 is 0. The number of nitrogens with zero attached hydrogens (tertiary/aromatic N) is 4. The first kappa shape index (κ1) is 14.3. The molecular formula is C17H18N4O. The van der Waals surface area contributed by atoms with E-state index in [1.165, 1.54) is 0 Å². The van der Waals surface area contributed by atoms with Gasteiger partial charge in [-0.3, -0.25) is 14.5 Å². The topological polar surface area (TPSA) is 51.0 Å². The number of carbonyl (C=O) groups is 1. The summed E-state index contributed by atoms with van der Waals surface area (Å²) in [5.41, 5.74) is 3.39. The van der Waals surface area contributed by atoms with Gasteiger partial charge in [0.2, 0.25) is 0 Å². The number of amides is 1. The van der Waals surface area contributed by atoms with Crippen molar-refractivity contribution >= 4 is 16.8 Å². The maximum absolute atomic E-state index is 12.5. The zero-order valence-corrected chi connectivity index (χ0v) is 12.9. The van der Waals surface area contributed by atoms with Crippen LogP contribution in [0.3, 0.4) is 0 Å². The lowest BCUT2D eigenvalue weighted by Gasteiger charge is -2.16. The van der Waals surface area contributed by atoms with Crippen molar-refractivity contribution in [3.63, 3.8) is 0 Å². The van der Waals surface area contributed by atoms with Crippen LogP contribution in [-0.2, 0) is 13.6 Å². The molecule has 0 bridgehead atoms. The fraction of sp³-hybridized carbons (Fsp3) is 0.235. The molecule has 0 fully saturated rings. The highest BCUT2D eigenvalue weighted by Gasteiger charge is 2.17. The zero-order chi connectivity index (χ0) is 15.7. The van der Waals surface area contributed by atoms with Crippen molar-refractivity contribution in [2.75, 3.05) is 7.05 Å². The Kier molecular flexibility index (Phi) is 3.63. The Morgan fingerprint density at radius 1 is 1.27 bits per heavy atom. The van der Waals surface area contributed by atoms with Crippen molar-refractivity contribution < 1.29 is 4.79 Å². The van der Waals surface area contributed by atoms with Gasteiger partial charge < -0.3 is 4.90 Å². The van der Waals surface area contributed by atoms with Crippen molar-refractivity contribution in [3.8, 4) is 0 Å². The molecule has 0 aliphatic carbocycles. The summed E-state index contributed by atoms with van der Waals surface area (Å²) < 4.78 is 1.71. The molecule has 1 amide bonds. The van der Waals surface area contributed by atoms with Crippen LogP contribution in [0.25, 0.3) is 10.9 Å². The number of aryl methyl sites for hydroxylation is 2. The minimum absolute atomic E-state index is 0.0864. The molecule has 3 rings (SSSR count). The van der Waals surface area contributed by atoms with Crippen LogP contribution in [0.4, 0.5) is 0 Å². The molecule has 22 heavy (non-hydrogen) atoms. The number of benzene rings is 1. The van der Waals surface area contributed by atoms with Gasteiger partial charge in [0.1, 0.15) is 0 Å². The van der Waals surface area contributed by atoms with E-state index in [-0.39, 0.29) is 5.91 Å². The average Bonchev–Trinajstić information content (AvgIpc) is 2.86. The van der Waals surface area contributed by atoms with Crippen molar-refractivity contribution in [3.05, 3.63) is 59.5 Å². The zero-order valence-electron chi connectivity index (χ0n) is 12.9. The molecule has 0 atom stereocenters. The number of aromatic nitrogens is 3. The Labute approximate surface area is 129 Å². The molecule has 3 aromatic rings. The number of rotatable bonds is 3. The largest absolute Gasteiger partial charge is 0.336 e. The van der Waals surface area contributed by atoms with Crippen LogP contribution in [0.15, 0.2) is 42.6 Å². The summed E-state index contributed by atoms with van der Waals surface area (Å²) in [6.07, 6.45) is 1.77. The van der Waals surface area contributed by atoms with Crippen molar-refractivity contribution in [1.82, 2.24) is 19.7 Å². The number of carbonyl (C=O) groups excluding carboxylic acids is 1. The summed E-state index contributed by atoms with van der Waals surface area (Å²) in [5, 5.41) is 5.32. The van der Waals surface area contributed by atoms with Crippen LogP contribution in [0.5, 0.6) is 0 Å². The normalized spacial score (nSPS) is 10.9. The van der Waals surface area contributed by atoms with Gasteiger partial charge in [0.25, 0.3) is 5.91 Å². The molecule has 0 spiro atoms. The Bertz CT molecular complexity index is 813. The second kappa shape index (κ2) is 5.60. The fourth-order valence-electron chi connectivity index (χ4n) is 2.48. The van der Waals surface area contributed by atoms with Gasteiger partial charge in [-0.25, -0.2) is 0 Å². The molecule has 2 aromatic heterocycles. The van der Waals surface area contributed by atoms with Gasteiger partial charge >= 0.3 is 0 Å². The van der Waals surface area contributed by atoms with E-state index in [0.29, 0.717) is 12.2 Å². The average molecular weight is 294 g/mol. The van der Waals surface area contributed by atoms with Gasteiger partial charge in [0, 0.05) is 37.9 Å². The van der Waals surface area contributed by atoms with Gasteiger partial charge in [-0.2, -0.15) is 5.10 Å². The van der Waals surface area contributed by atoms with Crippen LogP contribution >= 0.6 is 0 Å². The van der Waals surface area contributed by atoms with Crippen molar-refractivity contribution in [2.45, 2.75) is 13.5 Å². The molecule has 0 radical (unpaired) electrons. The second-order valence-electron chi connectivity index (χ2n) is 5.45. The number of pyridine rings is 1. The maximum Gasteiger partial charge on any atom is 0.274 e. The highest BCUT2D eigenvalue weighted by atomic mass is 16.2.